The number of nitrogens with two attached hydrogens (primary N) is 3. The topological polar surface area (TPSA) is 246 Å². The van der Waals surface area contributed by atoms with Gasteiger partial charge in [-0.2, -0.15) is 5.21 Å². The van der Waals surface area contributed by atoms with Crippen molar-refractivity contribution in [2.45, 2.75) is 15.8 Å². The van der Waals surface area contributed by atoms with E-state index in [-0.39, 0.29) is 35.0 Å². The Morgan fingerprint density at radius 3 is 2.45 bits per heavy atom. The van der Waals surface area contributed by atoms with E-state index in [1.807, 2.05) is 0 Å². The van der Waals surface area contributed by atoms with Gasteiger partial charge in [0.25, 0.3) is 0 Å². The van der Waals surface area contributed by atoms with Gasteiger partial charge in [0.15, 0.2) is 0 Å². The summed E-state index contributed by atoms with van der Waals surface area (Å²) in [5, 5.41) is 27.9. The highest BCUT2D eigenvalue weighted by atomic mass is 32.2. The fourth-order valence-electron chi connectivity index (χ4n) is 2.81. The second-order valence-corrected chi connectivity index (χ2v) is 9.46. The predicted molar refractivity (Wildman–Crippen MR) is 109 cm³/mol. The molecule has 9 N–H and O–H groups in total. The molecule has 0 aliphatic heterocycles. The van der Waals surface area contributed by atoms with Crippen molar-refractivity contribution in [3.05, 3.63) is 30.3 Å². The molecular weight excluding hydrogens is 450 g/mol. The highest BCUT2D eigenvalue weighted by Gasteiger charge is 2.33. The number of aromatic amines is 1. The smallest absolute Gasteiger partial charge is 0.242 e. The largest absolute Gasteiger partial charge is 0.395 e. The van der Waals surface area contributed by atoms with E-state index >= 15 is 0 Å². The maximum absolute atomic E-state index is 13.0. The van der Waals surface area contributed by atoms with Crippen molar-refractivity contribution in [3.63, 3.8) is 0 Å². The second kappa shape index (κ2) is 8.61. The number of nitrogens with one attached hydrogen (secondary N) is 2. The molecule has 0 radical (unpaired) electrons. The molecule has 0 bridgehead atoms. The van der Waals surface area contributed by atoms with E-state index in [1.54, 1.807) is 6.07 Å². The summed E-state index contributed by atoms with van der Waals surface area (Å²) in [5.41, 5.74) is 11.3. The number of nitrogens with zero attached hydrogens (tertiary/aromatic N) is 4. The Morgan fingerprint density at radius 2 is 1.90 bits per heavy atom. The van der Waals surface area contributed by atoms with E-state index < -0.39 is 42.5 Å². The van der Waals surface area contributed by atoms with Crippen LogP contribution in [-0.2, 0) is 20.0 Å². The van der Waals surface area contributed by atoms with Crippen LogP contribution in [0.5, 0.6) is 0 Å². The second-order valence-electron chi connectivity index (χ2n) is 6.28. The van der Waals surface area contributed by atoms with Crippen LogP contribution in [0, 0.1) is 0 Å². The molecule has 0 saturated heterocycles. The van der Waals surface area contributed by atoms with Gasteiger partial charge < -0.3 is 16.6 Å². The third-order valence-corrected chi connectivity index (χ3v) is 6.82. The molecule has 166 valence electrons. The number of benzene rings is 1. The molecule has 16 heteroatoms. The van der Waals surface area contributed by atoms with Crippen molar-refractivity contribution in [3.8, 4) is 22.6 Å². The van der Waals surface area contributed by atoms with Gasteiger partial charge in [-0.15, -0.1) is 10.2 Å². The zero-order chi connectivity index (χ0) is 22.8. The van der Waals surface area contributed by atoms with Crippen LogP contribution in [0.25, 0.3) is 22.6 Å². The first-order valence-electron chi connectivity index (χ1n) is 8.58. The van der Waals surface area contributed by atoms with Crippen molar-refractivity contribution in [1.82, 2.24) is 30.3 Å². The molecule has 0 spiro atoms. The predicted octanol–water partition coefficient (Wildman–Crippen LogP) is -2.24. The maximum atomic E-state index is 13.0. The molecular formula is C15H19N9O5S2. The van der Waals surface area contributed by atoms with Gasteiger partial charge in [-0.25, -0.2) is 31.7 Å². The summed E-state index contributed by atoms with van der Waals surface area (Å²) >= 11 is 0. The molecule has 2 aromatic heterocycles. The van der Waals surface area contributed by atoms with Crippen LogP contribution >= 0.6 is 0 Å². The Kier molecular flexibility index (Phi) is 6.30. The SMILES string of the molecule is NC[C@H](CO)NS(=O)(=O)c1ccc(-c2cccc(N)n2)c(-c2nn[nH]n2)c1S(N)(=O)=O. The molecule has 1 atom stereocenters. The lowest BCUT2D eigenvalue weighted by atomic mass is 10.0. The normalized spacial score (nSPS) is 13.3. The number of aromatic nitrogens is 5. The van der Waals surface area contributed by atoms with E-state index in [0.29, 0.717) is 0 Å². The van der Waals surface area contributed by atoms with Crippen molar-refractivity contribution in [1.29, 1.82) is 0 Å². The zero-order valence-corrected chi connectivity index (χ0v) is 17.4. The summed E-state index contributed by atoms with van der Waals surface area (Å²) in [6.45, 7) is -0.840. The Bertz CT molecular complexity index is 1290. The molecule has 0 fully saturated rings. The number of H-pyrrole nitrogens is 1. The fourth-order valence-corrected chi connectivity index (χ4v) is 5.65. The summed E-state index contributed by atoms with van der Waals surface area (Å²) in [5.74, 6) is -0.0985. The number of aliphatic hydroxyl groups excluding tert-OH is 1. The number of rotatable bonds is 8. The average molecular weight is 470 g/mol. The summed E-state index contributed by atoms with van der Waals surface area (Å²) in [7, 11) is -9.16. The van der Waals surface area contributed by atoms with E-state index in [2.05, 4.69) is 30.3 Å². The average Bonchev–Trinajstić information content (AvgIpc) is 3.25. The number of tetrazole rings is 1. The van der Waals surface area contributed by atoms with Crippen molar-refractivity contribution in [2.24, 2.45) is 10.9 Å². The van der Waals surface area contributed by atoms with Crippen LogP contribution in [0.4, 0.5) is 5.82 Å². The minimum absolute atomic E-state index is 0.140. The summed E-state index contributed by atoms with van der Waals surface area (Å²) in [4.78, 5) is 2.68. The van der Waals surface area contributed by atoms with Crippen LogP contribution in [0.15, 0.2) is 40.1 Å². The third-order valence-electron chi connectivity index (χ3n) is 4.14. The molecule has 2 heterocycles. The van der Waals surface area contributed by atoms with Crippen LogP contribution in [0.3, 0.4) is 0 Å². The van der Waals surface area contributed by atoms with Crippen LogP contribution < -0.4 is 21.3 Å². The molecule has 3 rings (SSSR count). The molecule has 14 nitrogen and oxygen atoms in total. The Hall–Kier alpha value is -3.02. The summed E-state index contributed by atoms with van der Waals surface area (Å²) in [6.07, 6.45) is 0. The lowest BCUT2D eigenvalue weighted by Gasteiger charge is -2.18. The van der Waals surface area contributed by atoms with Crippen molar-refractivity contribution in [2.75, 3.05) is 18.9 Å². The molecule has 0 amide bonds. The standard InChI is InChI=1S/C15H19N9O5S2/c16-6-8(7-25)22-31(28,29)11-5-4-9(10-2-1-3-12(17)19-10)13(14(11)30(18,26)27)15-20-23-24-21-15/h1-5,8,22,25H,6-7,16H2,(H2,17,19)(H2,18,26,27)(H,20,21,23,24)/t8-/m1/s1. The quantitative estimate of drug-likeness (QED) is 0.206. The maximum Gasteiger partial charge on any atom is 0.242 e. The number of aliphatic hydroxyl groups is 1. The lowest BCUT2D eigenvalue weighted by molar-refractivity contribution is 0.259. The van der Waals surface area contributed by atoms with Gasteiger partial charge in [0.05, 0.1) is 23.9 Å². The summed E-state index contributed by atoms with van der Waals surface area (Å²) < 4.78 is 53.2. The molecule has 0 aliphatic carbocycles. The van der Waals surface area contributed by atoms with Crippen molar-refractivity contribution >= 4 is 25.9 Å². The number of anilines is 1. The van der Waals surface area contributed by atoms with Gasteiger partial charge in [0.1, 0.15) is 15.6 Å². The fraction of sp³-hybridized carbons (Fsp3) is 0.200. The van der Waals surface area contributed by atoms with Gasteiger partial charge >= 0.3 is 0 Å². The Labute approximate surface area is 177 Å². The first-order chi connectivity index (χ1) is 14.6. The van der Waals surface area contributed by atoms with Gasteiger partial charge in [-0.1, -0.05) is 12.1 Å². The zero-order valence-electron chi connectivity index (χ0n) is 15.8. The molecule has 0 unspecified atom stereocenters. The number of primary sulfonamides is 1. The highest BCUT2D eigenvalue weighted by molar-refractivity contribution is 7.92. The van der Waals surface area contributed by atoms with Crippen LogP contribution in [-0.4, -0.2) is 66.7 Å². The highest BCUT2D eigenvalue weighted by Crippen LogP contribution is 2.38. The van der Waals surface area contributed by atoms with Crippen molar-refractivity contribution < 1.29 is 21.9 Å². The molecule has 1 aromatic carbocycles. The van der Waals surface area contributed by atoms with Gasteiger partial charge in [0, 0.05) is 12.1 Å². The number of sulfonamides is 2. The number of pyridine rings is 1. The molecule has 0 aliphatic rings. The Morgan fingerprint density at radius 1 is 1.16 bits per heavy atom. The Balaban J connectivity index is 2.40. The lowest BCUT2D eigenvalue weighted by Crippen LogP contribution is -2.43. The van der Waals surface area contributed by atoms with E-state index in [4.69, 9.17) is 16.6 Å². The first-order valence-corrected chi connectivity index (χ1v) is 11.6. The minimum atomic E-state index is -4.66. The summed E-state index contributed by atoms with van der Waals surface area (Å²) in [6, 6.07) is 5.92. The minimum Gasteiger partial charge on any atom is -0.395 e. The van der Waals surface area contributed by atoms with Gasteiger partial charge in [0.2, 0.25) is 25.9 Å². The van der Waals surface area contributed by atoms with Gasteiger partial charge in [-0.05, 0) is 23.4 Å². The van der Waals surface area contributed by atoms with E-state index in [0.717, 1.165) is 6.07 Å². The van der Waals surface area contributed by atoms with Gasteiger partial charge in [-0.3, -0.25) is 0 Å². The number of hydrogen-bond acceptors (Lipinski definition) is 11. The molecule has 0 saturated carbocycles. The van der Waals surface area contributed by atoms with Crippen LogP contribution in [0.2, 0.25) is 0 Å². The van der Waals surface area contributed by atoms with E-state index in [1.165, 1.54) is 18.2 Å². The third kappa shape index (κ3) is 4.68. The van der Waals surface area contributed by atoms with E-state index in [9.17, 15) is 21.9 Å². The monoisotopic (exact) mass is 469 g/mol. The molecule has 31 heavy (non-hydrogen) atoms. The number of hydrogen-bond donors (Lipinski definition) is 6. The molecule has 3 aromatic rings. The number of nitrogen functional groups attached to an aromatic ring is 1. The van der Waals surface area contributed by atoms with Crippen LogP contribution in [0.1, 0.15) is 0 Å². The first kappa shape index (κ1) is 22.7.